The second-order valence-electron chi connectivity index (χ2n) is 4.83. The highest BCUT2D eigenvalue weighted by molar-refractivity contribution is 9.10. The number of nitrogens with one attached hydrogen (secondary N) is 1. The third kappa shape index (κ3) is 3.59. The third-order valence-electron chi connectivity index (χ3n) is 3.29. The second-order valence-corrected chi connectivity index (χ2v) is 5.62. The van der Waals surface area contributed by atoms with Crippen molar-refractivity contribution in [3.63, 3.8) is 0 Å². The molecule has 0 aliphatic carbocycles. The highest BCUT2D eigenvalue weighted by Crippen LogP contribution is 2.44. The second kappa shape index (κ2) is 7.37. The van der Waals surface area contributed by atoms with E-state index < -0.39 is 0 Å². The maximum atomic E-state index is 12.6. The van der Waals surface area contributed by atoms with Crippen LogP contribution in [0, 0.1) is 6.92 Å². The molecule has 0 fully saturated rings. The summed E-state index contributed by atoms with van der Waals surface area (Å²) in [6.07, 6.45) is 0. The molecule has 1 amide bonds. The molecule has 0 aliphatic rings. The zero-order valence-corrected chi connectivity index (χ0v) is 15.0. The van der Waals surface area contributed by atoms with Crippen LogP contribution >= 0.6 is 15.9 Å². The lowest BCUT2D eigenvalue weighted by Gasteiger charge is -2.16. The molecule has 5 nitrogen and oxygen atoms in total. The van der Waals surface area contributed by atoms with Crippen LogP contribution < -0.4 is 19.5 Å². The van der Waals surface area contributed by atoms with Crippen LogP contribution in [0.25, 0.3) is 0 Å². The molecule has 0 atom stereocenters. The quantitative estimate of drug-likeness (QED) is 0.851. The first kappa shape index (κ1) is 17.1. The normalized spacial score (nSPS) is 10.1. The maximum absolute atomic E-state index is 12.6. The summed E-state index contributed by atoms with van der Waals surface area (Å²) in [6.45, 7) is 1.96. The van der Waals surface area contributed by atoms with Crippen molar-refractivity contribution in [1.82, 2.24) is 0 Å². The van der Waals surface area contributed by atoms with E-state index >= 15 is 0 Å². The number of carbonyl (C=O) groups excluding carboxylic acids is 1. The smallest absolute Gasteiger partial charge is 0.257 e. The first-order valence-electron chi connectivity index (χ1n) is 6.88. The van der Waals surface area contributed by atoms with E-state index in [9.17, 15) is 4.79 Å². The van der Waals surface area contributed by atoms with E-state index in [-0.39, 0.29) is 5.91 Å². The fourth-order valence-electron chi connectivity index (χ4n) is 2.21. The molecule has 23 heavy (non-hydrogen) atoms. The van der Waals surface area contributed by atoms with E-state index in [0.717, 1.165) is 11.3 Å². The predicted molar refractivity (Wildman–Crippen MR) is 92.9 cm³/mol. The summed E-state index contributed by atoms with van der Waals surface area (Å²) < 4.78 is 16.4. The Morgan fingerprint density at radius 2 is 1.74 bits per heavy atom. The van der Waals surface area contributed by atoms with Gasteiger partial charge in [-0.15, -0.1) is 0 Å². The van der Waals surface area contributed by atoms with Gasteiger partial charge >= 0.3 is 0 Å². The number of methoxy groups -OCH3 is 3. The van der Waals surface area contributed by atoms with E-state index in [0.29, 0.717) is 27.3 Å². The number of benzene rings is 2. The van der Waals surface area contributed by atoms with E-state index in [1.807, 2.05) is 31.2 Å². The Kier molecular flexibility index (Phi) is 5.50. The number of amides is 1. The average molecular weight is 380 g/mol. The van der Waals surface area contributed by atoms with Crippen molar-refractivity contribution in [2.45, 2.75) is 6.92 Å². The van der Waals surface area contributed by atoms with Crippen LogP contribution in [0.15, 0.2) is 34.8 Å². The molecule has 0 unspecified atom stereocenters. The first-order valence-corrected chi connectivity index (χ1v) is 7.67. The summed E-state index contributed by atoms with van der Waals surface area (Å²) in [4.78, 5) is 12.6. The van der Waals surface area contributed by atoms with Gasteiger partial charge in [-0.05, 0) is 46.6 Å². The minimum Gasteiger partial charge on any atom is -0.493 e. The molecule has 2 aromatic rings. The Balaban J connectivity index is 2.44. The highest BCUT2D eigenvalue weighted by Gasteiger charge is 2.22. The molecule has 2 aromatic carbocycles. The zero-order chi connectivity index (χ0) is 17.0. The van der Waals surface area contributed by atoms with Crippen molar-refractivity contribution in [3.05, 3.63) is 45.9 Å². The van der Waals surface area contributed by atoms with Gasteiger partial charge in [0.05, 0.1) is 31.4 Å². The first-order chi connectivity index (χ1) is 11.0. The molecule has 1 N–H and O–H groups in total. The molecule has 0 aromatic heterocycles. The number of carbonyl (C=O) groups is 1. The van der Waals surface area contributed by atoms with Crippen LogP contribution in [0.1, 0.15) is 15.9 Å². The van der Waals surface area contributed by atoms with Crippen LogP contribution in [0.5, 0.6) is 17.2 Å². The Morgan fingerprint density at radius 3 is 2.30 bits per heavy atom. The van der Waals surface area contributed by atoms with Gasteiger partial charge < -0.3 is 19.5 Å². The number of hydrogen-bond donors (Lipinski definition) is 1. The van der Waals surface area contributed by atoms with Crippen molar-refractivity contribution in [3.8, 4) is 17.2 Å². The zero-order valence-electron chi connectivity index (χ0n) is 13.4. The Morgan fingerprint density at radius 1 is 1.04 bits per heavy atom. The van der Waals surface area contributed by atoms with Gasteiger partial charge in [0.25, 0.3) is 5.91 Å². The fourth-order valence-corrected chi connectivity index (χ4v) is 2.84. The molecule has 0 saturated heterocycles. The number of hydrogen-bond acceptors (Lipinski definition) is 4. The summed E-state index contributed by atoms with van der Waals surface area (Å²) >= 11 is 3.40. The number of halogens is 1. The van der Waals surface area contributed by atoms with Crippen LogP contribution in [-0.4, -0.2) is 27.2 Å². The molecule has 2 rings (SSSR count). The summed E-state index contributed by atoms with van der Waals surface area (Å²) in [5, 5.41) is 2.86. The maximum Gasteiger partial charge on any atom is 0.257 e. The van der Waals surface area contributed by atoms with Crippen molar-refractivity contribution < 1.29 is 19.0 Å². The Bertz CT molecular complexity index is 731. The lowest BCUT2D eigenvalue weighted by Crippen LogP contribution is -2.13. The number of rotatable bonds is 5. The van der Waals surface area contributed by atoms with Gasteiger partial charge in [0, 0.05) is 5.69 Å². The van der Waals surface area contributed by atoms with Crippen LogP contribution in [0.2, 0.25) is 0 Å². The largest absolute Gasteiger partial charge is 0.493 e. The number of ether oxygens (including phenoxy) is 3. The van der Waals surface area contributed by atoms with E-state index in [1.165, 1.54) is 21.3 Å². The van der Waals surface area contributed by atoms with E-state index in [1.54, 1.807) is 6.07 Å². The van der Waals surface area contributed by atoms with Gasteiger partial charge in [0.1, 0.15) is 0 Å². The molecule has 0 radical (unpaired) electrons. The minimum atomic E-state index is -0.276. The molecule has 0 saturated carbocycles. The van der Waals surface area contributed by atoms with Crippen LogP contribution in [0.4, 0.5) is 5.69 Å². The summed E-state index contributed by atoms with van der Waals surface area (Å²) in [6, 6.07) is 9.18. The predicted octanol–water partition coefficient (Wildman–Crippen LogP) is 4.04. The molecule has 0 spiro atoms. The van der Waals surface area contributed by atoms with Gasteiger partial charge in [-0.1, -0.05) is 12.1 Å². The van der Waals surface area contributed by atoms with E-state index in [2.05, 4.69) is 21.2 Å². The van der Waals surface area contributed by atoms with Crippen LogP contribution in [0.3, 0.4) is 0 Å². The summed E-state index contributed by atoms with van der Waals surface area (Å²) in [5.41, 5.74) is 2.17. The molecular formula is C17H18BrNO4. The Labute approximate surface area is 143 Å². The number of anilines is 1. The molecule has 0 bridgehead atoms. The summed E-state index contributed by atoms with van der Waals surface area (Å²) in [7, 11) is 4.52. The van der Waals surface area contributed by atoms with Crippen LogP contribution in [-0.2, 0) is 0 Å². The van der Waals surface area contributed by atoms with Gasteiger partial charge in [-0.3, -0.25) is 4.79 Å². The van der Waals surface area contributed by atoms with Gasteiger partial charge in [-0.2, -0.15) is 0 Å². The Hall–Kier alpha value is -2.21. The van der Waals surface area contributed by atoms with E-state index in [4.69, 9.17) is 14.2 Å². The third-order valence-corrected chi connectivity index (χ3v) is 4.08. The molecule has 0 heterocycles. The molecule has 0 aliphatic heterocycles. The molecular weight excluding hydrogens is 362 g/mol. The standard InChI is InChI=1S/C17H18BrNO4/c1-10-6-5-7-11(8-10)19-17(20)12-9-13(21-2)15(22-3)16(23-4)14(12)18/h5-9H,1-4H3,(H,19,20). The van der Waals surface area contributed by atoms with Gasteiger partial charge in [0.15, 0.2) is 11.5 Å². The molecule has 6 heteroatoms. The topological polar surface area (TPSA) is 56.8 Å². The van der Waals surface area contributed by atoms with Gasteiger partial charge in [0.2, 0.25) is 5.75 Å². The monoisotopic (exact) mass is 379 g/mol. The lowest BCUT2D eigenvalue weighted by molar-refractivity contribution is 0.102. The fraction of sp³-hybridized carbons (Fsp3) is 0.235. The number of aryl methyl sites for hydroxylation is 1. The lowest BCUT2D eigenvalue weighted by atomic mass is 10.1. The SMILES string of the molecule is COc1cc(C(=O)Nc2cccc(C)c2)c(Br)c(OC)c1OC. The molecule has 122 valence electrons. The van der Waals surface area contributed by atoms with Crippen molar-refractivity contribution >= 4 is 27.5 Å². The summed E-state index contributed by atoms with van der Waals surface area (Å²) in [5.74, 6) is 0.971. The minimum absolute atomic E-state index is 0.276. The highest BCUT2D eigenvalue weighted by atomic mass is 79.9. The average Bonchev–Trinajstić information content (AvgIpc) is 2.54. The van der Waals surface area contributed by atoms with Crippen molar-refractivity contribution in [2.24, 2.45) is 0 Å². The van der Waals surface area contributed by atoms with Crippen molar-refractivity contribution in [1.29, 1.82) is 0 Å². The van der Waals surface area contributed by atoms with Gasteiger partial charge in [-0.25, -0.2) is 0 Å². The van der Waals surface area contributed by atoms with Crippen molar-refractivity contribution in [2.75, 3.05) is 26.6 Å².